The lowest BCUT2D eigenvalue weighted by Crippen LogP contribution is -2.19. The molecule has 0 aliphatic heterocycles. The average molecular weight is 907 g/mol. The molecular weight excluding hydrogens is 775 g/mol. The molecule has 0 aliphatic carbocycles. The lowest BCUT2D eigenvalue weighted by Gasteiger charge is -2.02. The predicted molar refractivity (Wildman–Crippen MR) is 312 cm³/mol. The van der Waals surface area contributed by atoms with Crippen LogP contribution in [0, 0.1) is 4.91 Å². The first kappa shape index (κ1) is 124. The second kappa shape index (κ2) is 72.2. The van der Waals surface area contributed by atoms with E-state index in [0.717, 1.165) is 16.8 Å². The Morgan fingerprint density at radius 3 is 0.746 bits per heavy atom. The number of fused-ring (bicyclic) bond motifs is 1. The fourth-order valence-corrected chi connectivity index (χ4v) is 2.39. The van der Waals surface area contributed by atoms with Gasteiger partial charge in [-0.15, -0.1) is 0 Å². The Morgan fingerprint density at radius 1 is 0.475 bits per heavy atom. The van der Waals surface area contributed by atoms with Gasteiger partial charge >= 0.3 is 0 Å². The van der Waals surface area contributed by atoms with E-state index in [9.17, 15) is 21.7 Å². The molecule has 0 amide bonds. The van der Waals surface area contributed by atoms with Crippen molar-refractivity contribution in [3.63, 3.8) is 0 Å². The smallest absolute Gasteiger partial charge is 0.210 e. The van der Waals surface area contributed by atoms with Crippen molar-refractivity contribution in [2.24, 2.45) is 5.18 Å². The van der Waals surface area contributed by atoms with Crippen molar-refractivity contribution in [2.45, 2.75) is 160 Å². The molecule has 4 rings (SSSR count). The van der Waals surface area contributed by atoms with E-state index in [0.29, 0.717) is 0 Å². The van der Waals surface area contributed by atoms with Gasteiger partial charge in [-0.3, -0.25) is 0 Å². The molecule has 0 aromatic heterocycles. The molecule has 0 saturated heterocycles. The maximum Gasteiger partial charge on any atom is 0.210 e. The molecule has 4 aromatic rings. The number of nitrogens with one attached hydrogen (secondary N) is 1. The second-order valence-corrected chi connectivity index (χ2v) is 12.9. The molecule has 10 heteroatoms. The molecule has 8 nitrogen and oxygen atoms in total. The van der Waals surface area contributed by atoms with Crippen LogP contribution in [0.3, 0.4) is 0 Å². The molecule has 0 fully saturated rings. The number of sulfonamides is 2. The third-order valence-corrected chi connectivity index (χ3v) is 6.85. The van der Waals surface area contributed by atoms with E-state index in [4.69, 9.17) is 0 Å². The number of nitrogens with zero attached hydrogens (tertiary/aromatic N) is 2. The lowest BCUT2D eigenvalue weighted by atomic mass is 10.1. The summed E-state index contributed by atoms with van der Waals surface area (Å²) in [6.07, 6.45) is 2.26. The number of benzene rings is 4. The summed E-state index contributed by atoms with van der Waals surface area (Å²) >= 11 is 0. The van der Waals surface area contributed by atoms with E-state index in [1.54, 1.807) is 13.8 Å². The highest BCUT2D eigenvalue weighted by Crippen LogP contribution is 2.17. The van der Waals surface area contributed by atoms with Gasteiger partial charge in [0, 0.05) is 25.5 Å². The Morgan fingerprint density at radius 2 is 0.627 bits per heavy atom. The molecule has 0 aliphatic rings. The van der Waals surface area contributed by atoms with Gasteiger partial charge in [0.05, 0.1) is 18.6 Å². The van der Waals surface area contributed by atoms with E-state index in [1.165, 1.54) is 43.0 Å². The largest absolute Gasteiger partial charge is 0.219 e. The van der Waals surface area contributed by atoms with Gasteiger partial charge in [0.2, 0.25) is 20.0 Å². The molecule has 4 aromatic carbocycles. The first-order valence-corrected chi connectivity index (χ1v) is 17.1. The molecule has 59 heavy (non-hydrogen) atoms. The summed E-state index contributed by atoms with van der Waals surface area (Å²) in [6, 6.07) is 37.4. The van der Waals surface area contributed by atoms with Crippen molar-refractivity contribution in [1.82, 2.24) is 9.03 Å². The molecule has 0 heterocycles. The summed E-state index contributed by atoms with van der Waals surface area (Å²) in [6.45, 7) is 7.49. The minimum Gasteiger partial charge on any atom is -0.219 e. The van der Waals surface area contributed by atoms with Gasteiger partial charge in [-0.1, -0.05) is 254 Å². The first-order chi connectivity index (χ1) is 19.7. The van der Waals surface area contributed by atoms with Crippen LogP contribution in [0.25, 0.3) is 21.9 Å². The van der Waals surface area contributed by atoms with Crippen LogP contribution >= 0.6 is 0 Å². The molecule has 384 valence electrons. The lowest BCUT2D eigenvalue weighted by molar-refractivity contribution is 0.527. The standard InChI is InChI=1S/C12H10.C10H8.C3H9NO2S.C3H7NO.C2H7NO2S.C2H6.17CH4.8H2/c1-3-7-11(8-4-1)12-9-5-2-6-10-12;1-2-6-10-8-4-3-7-9(10)5-1;1-4(2)7(3,5)6;1-3(2)4-5;1-3-6(2,4)5;1-2;;;;;;;;;;;;;;;;;;;;;;;;;/h1-10H;1-8H;1-3H3;3H,1-2H3;3H,1-2H3;1-2H3;17*1H4;8*1H. The van der Waals surface area contributed by atoms with Crippen LogP contribution in [-0.4, -0.2) is 60.8 Å². The monoisotopic (exact) mass is 906 g/mol. The van der Waals surface area contributed by atoms with Crippen molar-refractivity contribution in [1.29, 1.82) is 0 Å². The zero-order valence-electron chi connectivity index (χ0n) is 26.2. The maximum atomic E-state index is 10.3. The van der Waals surface area contributed by atoms with E-state index in [-0.39, 0.29) is 144 Å². The Kier molecular flexibility index (Phi) is 151. The van der Waals surface area contributed by atoms with E-state index in [2.05, 4.69) is 107 Å². The highest BCUT2D eigenvalue weighted by molar-refractivity contribution is 7.88. The molecule has 0 unspecified atom stereocenters. The normalized spacial score (nSPS) is 7.17. The van der Waals surface area contributed by atoms with Gasteiger partial charge in [-0.2, -0.15) is 4.91 Å². The zero-order chi connectivity index (χ0) is 32.6. The van der Waals surface area contributed by atoms with Crippen LogP contribution in [-0.2, 0) is 20.0 Å². The number of hydrogen-bond donors (Lipinski definition) is 1. The molecular formula is C49H131N3O5S2. The van der Waals surface area contributed by atoms with Gasteiger partial charge in [-0.25, -0.2) is 25.9 Å². The van der Waals surface area contributed by atoms with Gasteiger partial charge < -0.3 is 0 Å². The molecule has 0 radical (unpaired) electrons. The first-order valence-electron chi connectivity index (χ1n) is 13.3. The summed E-state index contributed by atoms with van der Waals surface area (Å²) in [5, 5.41) is 5.26. The van der Waals surface area contributed by atoms with E-state index in [1.807, 2.05) is 26.0 Å². The van der Waals surface area contributed by atoms with Crippen LogP contribution in [0.4, 0.5) is 0 Å². The fraction of sp³-hybridized carbons (Fsp3) is 0.551. The quantitative estimate of drug-likeness (QED) is 0.205. The summed E-state index contributed by atoms with van der Waals surface area (Å²) in [7, 11) is -1.46. The van der Waals surface area contributed by atoms with Crippen molar-refractivity contribution in [2.75, 3.05) is 33.7 Å². The fourth-order valence-electron chi connectivity index (χ4n) is 2.39. The van der Waals surface area contributed by atoms with Crippen LogP contribution in [0.5, 0.6) is 0 Å². The number of rotatable bonds is 4. The molecule has 0 atom stereocenters. The van der Waals surface area contributed by atoms with Gasteiger partial charge in [0.25, 0.3) is 0 Å². The second-order valence-electron chi connectivity index (χ2n) is 8.80. The predicted octanol–water partition coefficient (Wildman–Crippen LogP) is 19.8. The van der Waals surface area contributed by atoms with Crippen molar-refractivity contribution < 1.29 is 28.2 Å². The average Bonchev–Trinajstić information content (AvgIpc) is 2.99. The summed E-state index contributed by atoms with van der Waals surface area (Å²) in [5.41, 5.74) is 2.55. The molecule has 0 spiro atoms. The van der Waals surface area contributed by atoms with Gasteiger partial charge in [-0.05, 0) is 42.8 Å². The Hall–Kier alpha value is -3.44. The van der Waals surface area contributed by atoms with Crippen molar-refractivity contribution >= 4 is 30.8 Å². The molecule has 0 bridgehead atoms. The van der Waals surface area contributed by atoms with E-state index >= 15 is 0 Å². The van der Waals surface area contributed by atoms with Crippen LogP contribution in [0.1, 0.15) is 165 Å². The van der Waals surface area contributed by atoms with Crippen molar-refractivity contribution in [3.8, 4) is 11.1 Å². The Bertz CT molecular complexity index is 1380. The zero-order valence-corrected chi connectivity index (χ0v) is 27.9. The highest BCUT2D eigenvalue weighted by atomic mass is 32.2. The third-order valence-electron chi connectivity index (χ3n) is 4.78. The summed E-state index contributed by atoms with van der Waals surface area (Å²) < 4.78 is 43.5. The summed E-state index contributed by atoms with van der Waals surface area (Å²) in [5.74, 6) is 0. The number of hydrogen-bond acceptors (Lipinski definition) is 6. The molecule has 0 saturated carbocycles. The van der Waals surface area contributed by atoms with Crippen LogP contribution < -0.4 is 4.72 Å². The van der Waals surface area contributed by atoms with Crippen molar-refractivity contribution in [3.05, 3.63) is 114 Å². The Balaban J connectivity index is -0.0000000111. The minimum atomic E-state index is -2.91. The Labute approximate surface area is 391 Å². The topological polar surface area (TPSA) is 113 Å². The minimum absolute atomic E-state index is 0. The highest BCUT2D eigenvalue weighted by Gasteiger charge is 2.01. The van der Waals surface area contributed by atoms with Crippen LogP contribution in [0.2, 0.25) is 0 Å². The number of nitroso groups, excluding NO2 is 1. The summed E-state index contributed by atoms with van der Waals surface area (Å²) in [4.78, 5) is 9.25. The molecule has 1 N–H and O–H groups in total. The van der Waals surface area contributed by atoms with E-state index < -0.39 is 20.0 Å². The SMILES string of the molecule is C.C.C.C.C.C.C.C.C.C.C.C.C.C.C.C.C.CC.CC(C)N=O.CN(C)S(C)(=O)=O.CNS(C)(=O)=O.[HH].[HH].[HH].[HH].[HH].[HH].[HH].[HH].c1ccc(-c2ccccc2)cc1.c1ccc2ccccc2c1. The van der Waals surface area contributed by atoms with Crippen LogP contribution in [0.15, 0.2) is 114 Å². The maximum absolute atomic E-state index is 10.3. The van der Waals surface area contributed by atoms with Gasteiger partial charge in [0.1, 0.15) is 0 Å². The van der Waals surface area contributed by atoms with Gasteiger partial charge in [0.15, 0.2) is 0 Å². The third kappa shape index (κ3) is 72.6.